The molecule has 27 heavy (non-hydrogen) atoms. The average molecular weight is 447 g/mol. The van der Waals surface area contributed by atoms with Crippen LogP contribution >= 0.6 is 27.7 Å². The Morgan fingerprint density at radius 3 is 2.63 bits per heavy atom. The zero-order valence-electron chi connectivity index (χ0n) is 13.9. The number of anilines is 1. The van der Waals surface area contributed by atoms with E-state index in [-0.39, 0.29) is 24.0 Å². The van der Waals surface area contributed by atoms with E-state index in [0.29, 0.717) is 10.9 Å². The molecule has 0 aromatic heterocycles. The number of phenolic OH excluding ortho intramolecular Hbond substituents is 1. The van der Waals surface area contributed by atoms with Gasteiger partial charge < -0.3 is 15.7 Å². The van der Waals surface area contributed by atoms with Crippen LogP contribution in [-0.2, 0) is 9.59 Å². The lowest BCUT2D eigenvalue weighted by Gasteiger charge is -2.07. The molecule has 0 saturated carbocycles. The molecular formula is C18H15BrN4O3S. The molecule has 0 radical (unpaired) electrons. The minimum absolute atomic E-state index is 0.0350. The summed E-state index contributed by atoms with van der Waals surface area (Å²) in [7, 11) is 0. The third-order valence-electron chi connectivity index (χ3n) is 3.52. The fraction of sp³-hybridized carbons (Fsp3) is 0.111. The van der Waals surface area contributed by atoms with Crippen molar-refractivity contribution in [3.8, 4) is 5.75 Å². The highest BCUT2D eigenvalue weighted by Gasteiger charge is 2.32. The SMILES string of the molecule is O=C(CC1S/C(=N/N=C/c2ccc(O)cc2)NC1=O)Nc1ccc(Br)cc1. The number of hydrogen-bond acceptors (Lipinski definition) is 6. The first-order valence-corrected chi connectivity index (χ1v) is 9.60. The Labute approximate surface area is 168 Å². The molecule has 2 amide bonds. The minimum Gasteiger partial charge on any atom is -0.508 e. The van der Waals surface area contributed by atoms with E-state index in [1.54, 1.807) is 36.4 Å². The molecule has 2 aromatic carbocycles. The van der Waals surface area contributed by atoms with Crippen LogP contribution in [0.4, 0.5) is 5.69 Å². The fourth-order valence-corrected chi connectivity index (χ4v) is 3.40. The van der Waals surface area contributed by atoms with Crippen LogP contribution in [0.3, 0.4) is 0 Å². The summed E-state index contributed by atoms with van der Waals surface area (Å²) in [6, 6.07) is 13.7. The monoisotopic (exact) mass is 446 g/mol. The number of thioether (sulfide) groups is 1. The number of phenols is 1. The van der Waals surface area contributed by atoms with Crippen LogP contribution in [0, 0.1) is 0 Å². The summed E-state index contributed by atoms with van der Waals surface area (Å²) < 4.78 is 0.917. The summed E-state index contributed by atoms with van der Waals surface area (Å²) in [6.45, 7) is 0. The number of aromatic hydroxyl groups is 1. The number of carbonyl (C=O) groups is 2. The van der Waals surface area contributed by atoms with E-state index in [1.165, 1.54) is 6.21 Å². The van der Waals surface area contributed by atoms with Crippen molar-refractivity contribution in [3.63, 3.8) is 0 Å². The molecular weight excluding hydrogens is 432 g/mol. The molecule has 1 heterocycles. The maximum Gasteiger partial charge on any atom is 0.240 e. The van der Waals surface area contributed by atoms with Crippen LogP contribution in [0.5, 0.6) is 5.75 Å². The van der Waals surface area contributed by atoms with Crippen LogP contribution in [0.2, 0.25) is 0 Å². The Morgan fingerprint density at radius 1 is 1.22 bits per heavy atom. The summed E-state index contributed by atoms with van der Waals surface area (Å²) in [5.74, 6) is -0.357. The molecule has 1 saturated heterocycles. The van der Waals surface area contributed by atoms with Gasteiger partial charge >= 0.3 is 0 Å². The van der Waals surface area contributed by atoms with Gasteiger partial charge in [0.05, 0.1) is 6.21 Å². The van der Waals surface area contributed by atoms with E-state index in [9.17, 15) is 14.7 Å². The van der Waals surface area contributed by atoms with Crippen molar-refractivity contribution in [1.82, 2.24) is 5.32 Å². The van der Waals surface area contributed by atoms with Gasteiger partial charge in [-0.25, -0.2) is 0 Å². The molecule has 1 aliphatic rings. The Kier molecular flexibility index (Phi) is 6.25. The number of carbonyl (C=O) groups excluding carboxylic acids is 2. The second-order valence-corrected chi connectivity index (χ2v) is 7.70. The van der Waals surface area contributed by atoms with Crippen molar-refractivity contribution in [2.75, 3.05) is 5.32 Å². The summed E-state index contributed by atoms with van der Waals surface area (Å²) in [4.78, 5) is 24.1. The van der Waals surface area contributed by atoms with E-state index in [0.717, 1.165) is 21.8 Å². The van der Waals surface area contributed by atoms with E-state index < -0.39 is 5.25 Å². The maximum absolute atomic E-state index is 12.1. The Balaban J connectivity index is 1.54. The predicted octanol–water partition coefficient (Wildman–Crippen LogP) is 3.11. The van der Waals surface area contributed by atoms with Crippen LogP contribution in [-0.4, -0.2) is 33.6 Å². The summed E-state index contributed by atoms with van der Waals surface area (Å²) in [5, 5.41) is 22.3. The summed E-state index contributed by atoms with van der Waals surface area (Å²) in [5.41, 5.74) is 1.43. The highest BCUT2D eigenvalue weighted by molar-refractivity contribution is 9.10. The smallest absolute Gasteiger partial charge is 0.240 e. The largest absolute Gasteiger partial charge is 0.508 e. The predicted molar refractivity (Wildman–Crippen MR) is 110 cm³/mol. The lowest BCUT2D eigenvalue weighted by molar-refractivity contribution is -0.122. The molecule has 1 atom stereocenters. The number of benzene rings is 2. The zero-order chi connectivity index (χ0) is 19.2. The van der Waals surface area contributed by atoms with E-state index in [2.05, 4.69) is 36.8 Å². The van der Waals surface area contributed by atoms with E-state index in [4.69, 9.17) is 0 Å². The second-order valence-electron chi connectivity index (χ2n) is 5.60. The molecule has 2 aromatic rings. The van der Waals surface area contributed by atoms with Gasteiger partial charge in [0.15, 0.2) is 5.17 Å². The van der Waals surface area contributed by atoms with Crippen LogP contribution < -0.4 is 10.6 Å². The van der Waals surface area contributed by atoms with Gasteiger partial charge in [0, 0.05) is 16.6 Å². The van der Waals surface area contributed by atoms with Gasteiger partial charge in [0.1, 0.15) is 11.0 Å². The van der Waals surface area contributed by atoms with Crippen LogP contribution in [0.25, 0.3) is 0 Å². The number of rotatable bonds is 5. The van der Waals surface area contributed by atoms with Crippen molar-refractivity contribution in [2.24, 2.45) is 10.2 Å². The van der Waals surface area contributed by atoms with Crippen molar-refractivity contribution in [3.05, 3.63) is 58.6 Å². The molecule has 0 spiro atoms. The molecule has 0 aliphatic carbocycles. The minimum atomic E-state index is -0.553. The van der Waals surface area contributed by atoms with Crippen molar-refractivity contribution < 1.29 is 14.7 Å². The standard InChI is InChI=1S/C18H15BrN4O3S/c19-12-3-5-13(6-4-12)21-16(25)9-15-17(26)22-18(27-15)23-20-10-11-1-7-14(24)8-2-11/h1-8,10,15,24H,9H2,(H,21,25)(H,22,23,26)/b20-10+. The molecule has 1 fully saturated rings. The quantitative estimate of drug-likeness (QED) is 0.484. The van der Waals surface area contributed by atoms with Gasteiger partial charge in [-0.3, -0.25) is 9.59 Å². The number of hydrogen-bond donors (Lipinski definition) is 3. The summed E-state index contributed by atoms with van der Waals surface area (Å²) >= 11 is 4.50. The van der Waals surface area contributed by atoms with Gasteiger partial charge in [-0.05, 0) is 54.1 Å². The Morgan fingerprint density at radius 2 is 1.93 bits per heavy atom. The van der Waals surface area contributed by atoms with Gasteiger partial charge in [-0.2, -0.15) is 5.10 Å². The highest BCUT2D eigenvalue weighted by Crippen LogP contribution is 2.23. The third kappa shape index (κ3) is 5.66. The second kappa shape index (κ2) is 8.83. The lowest BCUT2D eigenvalue weighted by atomic mass is 10.2. The average Bonchev–Trinajstić information content (AvgIpc) is 2.98. The Bertz CT molecular complexity index is 898. The van der Waals surface area contributed by atoms with Crippen molar-refractivity contribution in [1.29, 1.82) is 0 Å². The molecule has 3 N–H and O–H groups in total. The number of amidine groups is 1. The molecule has 1 unspecified atom stereocenters. The molecule has 3 rings (SSSR count). The normalized spacial score (nSPS) is 18.0. The van der Waals surface area contributed by atoms with Crippen LogP contribution in [0.15, 0.2) is 63.2 Å². The first-order chi connectivity index (χ1) is 13.0. The van der Waals surface area contributed by atoms with Crippen molar-refractivity contribution >= 4 is 56.6 Å². The number of nitrogens with one attached hydrogen (secondary N) is 2. The zero-order valence-corrected chi connectivity index (χ0v) is 16.3. The third-order valence-corrected chi connectivity index (χ3v) is 5.12. The van der Waals surface area contributed by atoms with Gasteiger partial charge in [0.25, 0.3) is 0 Å². The first-order valence-electron chi connectivity index (χ1n) is 7.92. The van der Waals surface area contributed by atoms with Gasteiger partial charge in [-0.15, -0.1) is 5.10 Å². The van der Waals surface area contributed by atoms with Gasteiger partial charge in [-0.1, -0.05) is 27.7 Å². The van der Waals surface area contributed by atoms with Gasteiger partial charge in [0.2, 0.25) is 11.8 Å². The summed E-state index contributed by atoms with van der Waals surface area (Å²) in [6.07, 6.45) is 1.54. The Hall–Kier alpha value is -2.65. The van der Waals surface area contributed by atoms with E-state index in [1.807, 2.05) is 12.1 Å². The number of nitrogens with zero attached hydrogens (tertiary/aromatic N) is 2. The molecule has 138 valence electrons. The highest BCUT2D eigenvalue weighted by atomic mass is 79.9. The number of amides is 2. The molecule has 9 heteroatoms. The molecule has 7 nitrogen and oxygen atoms in total. The topological polar surface area (TPSA) is 103 Å². The molecule has 0 bridgehead atoms. The van der Waals surface area contributed by atoms with E-state index >= 15 is 0 Å². The van der Waals surface area contributed by atoms with Crippen LogP contribution in [0.1, 0.15) is 12.0 Å². The van der Waals surface area contributed by atoms with Crippen molar-refractivity contribution in [2.45, 2.75) is 11.7 Å². The molecule has 1 aliphatic heterocycles. The lowest BCUT2D eigenvalue weighted by Crippen LogP contribution is -2.28. The number of halogens is 1. The first kappa shape index (κ1) is 19.1. The maximum atomic E-state index is 12.1. The fourth-order valence-electron chi connectivity index (χ4n) is 2.21.